The molecule has 1 heterocycles. The normalized spacial score (nSPS) is 29.1. The van der Waals surface area contributed by atoms with Gasteiger partial charge in [0.25, 0.3) is 5.91 Å². The molecular formula is C20H29N5O2. The average molecular weight is 371 g/mol. The van der Waals surface area contributed by atoms with E-state index in [1.54, 1.807) is 18.6 Å². The van der Waals surface area contributed by atoms with E-state index < -0.39 is 0 Å². The molecule has 7 nitrogen and oxygen atoms in total. The van der Waals surface area contributed by atoms with Crippen LogP contribution < -0.4 is 11.1 Å². The summed E-state index contributed by atoms with van der Waals surface area (Å²) in [5, 5.41) is 12.5. The smallest absolute Gasteiger partial charge is 0.267 e. The lowest BCUT2D eigenvalue weighted by Gasteiger charge is -2.30. The zero-order valence-corrected chi connectivity index (χ0v) is 16.5. The summed E-state index contributed by atoms with van der Waals surface area (Å²) >= 11 is 0. The Morgan fingerprint density at radius 2 is 2.22 bits per heavy atom. The number of aliphatic hydroxyl groups is 1. The number of nitrogens with zero attached hydrogens (tertiary/aromatic N) is 3. The van der Waals surface area contributed by atoms with E-state index in [-0.39, 0.29) is 35.1 Å². The van der Waals surface area contributed by atoms with Crippen LogP contribution in [0.4, 0.5) is 5.82 Å². The maximum absolute atomic E-state index is 12.8. The summed E-state index contributed by atoms with van der Waals surface area (Å²) in [6, 6.07) is -0.376. The first-order chi connectivity index (χ1) is 12.7. The standard InChI is InChI=1S/C20H29N5O2/c1-19(2,3)14(11-26)24-18(27)16(21)12-5-6-20(4)9-13(20)17(12)25-15-10-22-7-8-23-15/h7-8,10,13-14,26H,5-6,9,11,21H2,1-4H3,(H,24,27)/t13?,14-,20?/m1/s1. The highest BCUT2D eigenvalue weighted by Crippen LogP contribution is 2.61. The van der Waals surface area contributed by atoms with Gasteiger partial charge in [0.15, 0.2) is 5.82 Å². The lowest BCUT2D eigenvalue weighted by atomic mass is 9.83. The van der Waals surface area contributed by atoms with Gasteiger partial charge in [-0.3, -0.25) is 9.78 Å². The number of carbonyl (C=O) groups excluding carboxylic acids is 1. The van der Waals surface area contributed by atoms with Crippen LogP contribution in [-0.4, -0.2) is 39.3 Å². The van der Waals surface area contributed by atoms with Crippen molar-refractivity contribution < 1.29 is 9.90 Å². The molecular weight excluding hydrogens is 342 g/mol. The molecule has 2 saturated carbocycles. The molecule has 27 heavy (non-hydrogen) atoms. The van der Waals surface area contributed by atoms with Crippen molar-refractivity contribution in [2.24, 2.45) is 27.5 Å². The Kier molecular flexibility index (Phi) is 5.08. The minimum absolute atomic E-state index is 0.140. The molecule has 0 aliphatic heterocycles. The second-order valence-electron chi connectivity index (χ2n) is 8.94. The lowest BCUT2D eigenvalue weighted by molar-refractivity contribution is -0.119. The molecule has 0 saturated heterocycles. The Labute approximate surface area is 160 Å². The van der Waals surface area contributed by atoms with Crippen LogP contribution in [0.3, 0.4) is 0 Å². The van der Waals surface area contributed by atoms with Crippen molar-refractivity contribution in [2.45, 2.75) is 53.0 Å². The molecule has 146 valence electrons. The van der Waals surface area contributed by atoms with Crippen LogP contribution in [0.1, 0.15) is 47.0 Å². The lowest BCUT2D eigenvalue weighted by Crippen LogP contribution is -2.48. The van der Waals surface area contributed by atoms with E-state index in [9.17, 15) is 9.90 Å². The monoisotopic (exact) mass is 371 g/mol. The van der Waals surface area contributed by atoms with Crippen LogP contribution in [0.2, 0.25) is 0 Å². The number of aliphatic imine (C=N–C) groups is 1. The molecule has 3 rings (SSSR count). The molecule has 7 heteroatoms. The summed E-state index contributed by atoms with van der Waals surface area (Å²) < 4.78 is 0. The van der Waals surface area contributed by atoms with Crippen molar-refractivity contribution >= 4 is 17.4 Å². The third-order valence-electron chi connectivity index (χ3n) is 5.82. The Bertz CT molecular complexity index is 781. The van der Waals surface area contributed by atoms with Crippen molar-refractivity contribution in [3.05, 3.63) is 29.9 Å². The predicted molar refractivity (Wildman–Crippen MR) is 104 cm³/mol. The van der Waals surface area contributed by atoms with Crippen molar-refractivity contribution in [3.8, 4) is 0 Å². The minimum Gasteiger partial charge on any atom is -0.394 e. The number of carbonyl (C=O) groups is 1. The van der Waals surface area contributed by atoms with Crippen LogP contribution in [0.15, 0.2) is 34.9 Å². The van der Waals surface area contributed by atoms with Gasteiger partial charge in [0.2, 0.25) is 0 Å². The molecule has 1 aromatic heterocycles. The van der Waals surface area contributed by atoms with E-state index in [1.807, 2.05) is 20.8 Å². The number of aliphatic hydroxyl groups excluding tert-OH is 1. The van der Waals surface area contributed by atoms with Gasteiger partial charge in [0.1, 0.15) is 5.70 Å². The number of allylic oxidation sites excluding steroid dienone is 1. The highest BCUT2D eigenvalue weighted by Gasteiger charge is 2.56. The Morgan fingerprint density at radius 3 is 2.81 bits per heavy atom. The molecule has 1 aromatic rings. The second-order valence-corrected chi connectivity index (χ2v) is 8.94. The number of nitrogens with one attached hydrogen (secondary N) is 1. The second kappa shape index (κ2) is 7.03. The average Bonchev–Trinajstić information content (AvgIpc) is 3.31. The Morgan fingerprint density at radius 1 is 1.48 bits per heavy atom. The van der Waals surface area contributed by atoms with Gasteiger partial charge in [-0.15, -0.1) is 0 Å². The molecule has 2 aliphatic rings. The summed E-state index contributed by atoms with van der Waals surface area (Å²) in [6.07, 6.45) is 7.56. The summed E-state index contributed by atoms with van der Waals surface area (Å²) in [5.74, 6) is 0.471. The topological polar surface area (TPSA) is 113 Å². The quantitative estimate of drug-likeness (QED) is 0.702. The third-order valence-corrected chi connectivity index (χ3v) is 5.82. The van der Waals surface area contributed by atoms with Crippen LogP contribution in [0, 0.1) is 16.7 Å². The number of rotatable bonds is 4. The zero-order valence-electron chi connectivity index (χ0n) is 16.5. The maximum atomic E-state index is 12.8. The number of nitrogens with two attached hydrogens (primary N) is 1. The van der Waals surface area contributed by atoms with E-state index in [4.69, 9.17) is 10.7 Å². The van der Waals surface area contributed by atoms with E-state index in [2.05, 4.69) is 22.2 Å². The van der Waals surface area contributed by atoms with Crippen molar-refractivity contribution in [1.29, 1.82) is 0 Å². The molecule has 1 amide bonds. The van der Waals surface area contributed by atoms with Gasteiger partial charge in [-0.2, -0.15) is 0 Å². The Balaban J connectivity index is 1.92. The molecule has 0 spiro atoms. The minimum atomic E-state index is -0.376. The fraction of sp³-hybridized carbons (Fsp3) is 0.600. The van der Waals surface area contributed by atoms with Gasteiger partial charge in [-0.1, -0.05) is 27.7 Å². The highest BCUT2D eigenvalue weighted by atomic mass is 16.3. The SMILES string of the molecule is CC12CCC(=C(N)C(=O)N[C@H](CO)C(C)(C)C)C(=Nc3cnccn3)C1C2. The van der Waals surface area contributed by atoms with Crippen LogP contribution in [0.25, 0.3) is 0 Å². The van der Waals surface area contributed by atoms with Crippen LogP contribution in [-0.2, 0) is 4.79 Å². The largest absolute Gasteiger partial charge is 0.394 e. The number of amides is 1. The van der Waals surface area contributed by atoms with E-state index in [0.29, 0.717) is 18.2 Å². The summed E-state index contributed by atoms with van der Waals surface area (Å²) in [6.45, 7) is 8.01. The fourth-order valence-corrected chi connectivity index (χ4v) is 3.66. The summed E-state index contributed by atoms with van der Waals surface area (Å²) in [5.41, 5.74) is 8.08. The van der Waals surface area contributed by atoms with Gasteiger partial charge in [0.05, 0.1) is 24.6 Å². The van der Waals surface area contributed by atoms with Gasteiger partial charge in [0, 0.05) is 23.9 Å². The summed E-state index contributed by atoms with van der Waals surface area (Å²) in [4.78, 5) is 25.8. The van der Waals surface area contributed by atoms with E-state index in [1.165, 1.54) is 0 Å². The predicted octanol–water partition coefficient (Wildman–Crippen LogP) is 2.11. The zero-order chi connectivity index (χ0) is 19.8. The molecule has 0 aromatic carbocycles. The highest BCUT2D eigenvalue weighted by molar-refractivity contribution is 6.11. The molecule has 4 N–H and O–H groups in total. The molecule has 3 atom stereocenters. The number of hydrogen-bond donors (Lipinski definition) is 3. The third kappa shape index (κ3) is 4.03. The van der Waals surface area contributed by atoms with Gasteiger partial charge in [-0.05, 0) is 30.1 Å². The van der Waals surface area contributed by atoms with Crippen molar-refractivity contribution in [1.82, 2.24) is 15.3 Å². The molecule has 0 bridgehead atoms. The molecule has 2 fully saturated rings. The van der Waals surface area contributed by atoms with Gasteiger partial charge >= 0.3 is 0 Å². The number of aromatic nitrogens is 2. The summed E-state index contributed by atoms with van der Waals surface area (Å²) in [7, 11) is 0. The van der Waals surface area contributed by atoms with Crippen molar-refractivity contribution in [2.75, 3.05) is 6.61 Å². The molecule has 0 radical (unpaired) electrons. The van der Waals surface area contributed by atoms with Crippen LogP contribution in [0.5, 0.6) is 0 Å². The first kappa shape index (κ1) is 19.5. The number of fused-ring (bicyclic) bond motifs is 1. The molecule has 2 aliphatic carbocycles. The maximum Gasteiger partial charge on any atom is 0.267 e. The molecule has 2 unspecified atom stereocenters. The van der Waals surface area contributed by atoms with Gasteiger partial charge in [-0.25, -0.2) is 9.98 Å². The number of hydrogen-bond acceptors (Lipinski definition) is 6. The first-order valence-corrected chi connectivity index (χ1v) is 9.41. The van der Waals surface area contributed by atoms with Crippen LogP contribution >= 0.6 is 0 Å². The first-order valence-electron chi connectivity index (χ1n) is 9.41. The fourth-order valence-electron chi connectivity index (χ4n) is 3.66. The van der Waals surface area contributed by atoms with E-state index in [0.717, 1.165) is 24.1 Å². The van der Waals surface area contributed by atoms with Gasteiger partial charge < -0.3 is 16.2 Å². The van der Waals surface area contributed by atoms with E-state index >= 15 is 0 Å². The van der Waals surface area contributed by atoms with Crippen molar-refractivity contribution in [3.63, 3.8) is 0 Å². The Hall–Kier alpha value is -2.28.